The quantitative estimate of drug-likeness (QED) is 0.711. The average Bonchev–Trinajstić information content (AvgIpc) is 3.23. The van der Waals surface area contributed by atoms with Crippen LogP contribution in [0.1, 0.15) is 37.7 Å². The minimum absolute atomic E-state index is 0.0268. The molecule has 0 aromatic carbocycles. The molecule has 3 rings (SSSR count). The van der Waals surface area contributed by atoms with E-state index >= 15 is 0 Å². The van der Waals surface area contributed by atoms with E-state index in [2.05, 4.69) is 41.4 Å². The van der Waals surface area contributed by atoms with Crippen LogP contribution in [0.4, 0.5) is 16.2 Å². The molecule has 28 heavy (non-hydrogen) atoms. The van der Waals surface area contributed by atoms with Gasteiger partial charge in [-0.25, -0.2) is 9.78 Å². The summed E-state index contributed by atoms with van der Waals surface area (Å²) >= 11 is 4.61. The van der Waals surface area contributed by atoms with Crippen molar-refractivity contribution in [3.63, 3.8) is 0 Å². The molecule has 3 heterocycles. The zero-order chi connectivity index (χ0) is 20.3. The van der Waals surface area contributed by atoms with Crippen LogP contribution in [0.5, 0.6) is 0 Å². The number of nitrogens with one attached hydrogen (secondary N) is 2. The molecule has 1 atom stereocenters. The van der Waals surface area contributed by atoms with Gasteiger partial charge in [-0.1, -0.05) is 0 Å². The molecule has 1 aliphatic heterocycles. The van der Waals surface area contributed by atoms with E-state index in [1.807, 2.05) is 26.8 Å². The van der Waals surface area contributed by atoms with Crippen LogP contribution < -0.4 is 15.5 Å². The summed E-state index contributed by atoms with van der Waals surface area (Å²) < 4.78 is 5.98. The highest BCUT2D eigenvalue weighted by atomic mass is 79.9. The first-order chi connectivity index (χ1) is 13.2. The largest absolute Gasteiger partial charge is 0.444 e. The van der Waals surface area contributed by atoms with Crippen molar-refractivity contribution in [2.75, 3.05) is 23.3 Å². The van der Waals surface area contributed by atoms with Crippen LogP contribution in [-0.4, -0.2) is 46.7 Å². The Labute approximate surface area is 175 Å². The number of ether oxygens (including phenoxy) is 1. The molecule has 0 bridgehead atoms. The summed E-state index contributed by atoms with van der Waals surface area (Å²) in [6.07, 6.45) is 3.66. The van der Waals surface area contributed by atoms with Gasteiger partial charge in [0.15, 0.2) is 3.92 Å². The Morgan fingerprint density at radius 2 is 2.18 bits per heavy atom. The minimum atomic E-state index is -0.532. The molecule has 2 amide bonds. The molecule has 0 spiro atoms. The highest BCUT2D eigenvalue weighted by Crippen LogP contribution is 2.29. The summed E-state index contributed by atoms with van der Waals surface area (Å²) in [5, 5.41) is 7.46. The van der Waals surface area contributed by atoms with Crippen molar-refractivity contribution in [3.8, 4) is 0 Å². The predicted octanol–water partition coefficient (Wildman–Crippen LogP) is 3.66. The summed E-state index contributed by atoms with van der Waals surface area (Å²) in [5.41, 5.74) is 1.27. The lowest BCUT2D eigenvalue weighted by atomic mass is 10.2. The van der Waals surface area contributed by atoms with E-state index in [0.29, 0.717) is 21.8 Å². The molecule has 0 unspecified atom stereocenters. The second-order valence-corrected chi connectivity index (χ2v) is 9.54. The average molecular weight is 468 g/mol. The molecular formula is C18H22BrN5O3S. The third-order valence-electron chi connectivity index (χ3n) is 4.00. The van der Waals surface area contributed by atoms with Gasteiger partial charge in [0, 0.05) is 24.7 Å². The Morgan fingerprint density at radius 1 is 1.39 bits per heavy atom. The Morgan fingerprint density at radius 3 is 2.86 bits per heavy atom. The fourth-order valence-corrected chi connectivity index (χ4v) is 3.86. The van der Waals surface area contributed by atoms with Crippen LogP contribution in [0.2, 0.25) is 0 Å². The van der Waals surface area contributed by atoms with Crippen molar-refractivity contribution >= 4 is 50.6 Å². The summed E-state index contributed by atoms with van der Waals surface area (Å²) in [6, 6.07) is 1.82. The molecule has 10 heteroatoms. The molecular weight excluding hydrogens is 446 g/mol. The standard InChI is InChI=1S/C18H22BrN5O3S/c1-18(2,3)27-17(26)21-11-5-7-24(9-11)14-4-6-20-8-12(14)22-15(25)13-10-28-16(19)23-13/h4,6,8,10-11H,5,7,9H2,1-3H3,(H,21,26)(H,22,25)/t11-/m0/s1. The Balaban J connectivity index is 1.65. The van der Waals surface area contributed by atoms with Gasteiger partial charge in [-0.3, -0.25) is 9.78 Å². The minimum Gasteiger partial charge on any atom is -0.444 e. The molecule has 1 aliphatic rings. The molecule has 2 aromatic heterocycles. The molecule has 1 saturated heterocycles. The molecule has 0 radical (unpaired) electrons. The maximum Gasteiger partial charge on any atom is 0.407 e. The van der Waals surface area contributed by atoms with Crippen molar-refractivity contribution in [2.45, 2.75) is 38.8 Å². The lowest BCUT2D eigenvalue weighted by Gasteiger charge is -2.23. The van der Waals surface area contributed by atoms with Crippen LogP contribution in [0.25, 0.3) is 0 Å². The first kappa shape index (κ1) is 20.5. The highest BCUT2D eigenvalue weighted by Gasteiger charge is 2.28. The van der Waals surface area contributed by atoms with E-state index < -0.39 is 11.7 Å². The molecule has 8 nitrogen and oxygen atoms in total. The van der Waals surface area contributed by atoms with Crippen LogP contribution in [0, 0.1) is 0 Å². The van der Waals surface area contributed by atoms with Crippen molar-refractivity contribution in [1.29, 1.82) is 0 Å². The van der Waals surface area contributed by atoms with E-state index in [1.165, 1.54) is 11.3 Å². The van der Waals surface area contributed by atoms with Gasteiger partial charge >= 0.3 is 6.09 Å². The van der Waals surface area contributed by atoms with Gasteiger partial charge in [-0.15, -0.1) is 11.3 Å². The van der Waals surface area contributed by atoms with E-state index in [4.69, 9.17) is 4.74 Å². The van der Waals surface area contributed by atoms with Crippen LogP contribution in [-0.2, 0) is 4.74 Å². The second kappa shape index (κ2) is 8.44. The number of carbonyl (C=O) groups is 2. The number of hydrogen-bond acceptors (Lipinski definition) is 7. The van der Waals surface area contributed by atoms with Gasteiger partial charge in [0.2, 0.25) is 0 Å². The molecule has 1 fully saturated rings. The summed E-state index contributed by atoms with van der Waals surface area (Å²) in [4.78, 5) is 34.8. The van der Waals surface area contributed by atoms with Crippen molar-refractivity contribution in [2.24, 2.45) is 0 Å². The van der Waals surface area contributed by atoms with Gasteiger partial charge in [0.25, 0.3) is 5.91 Å². The normalized spacial score (nSPS) is 16.7. The van der Waals surface area contributed by atoms with Crippen molar-refractivity contribution in [1.82, 2.24) is 15.3 Å². The first-order valence-electron chi connectivity index (χ1n) is 8.82. The number of halogens is 1. The molecule has 0 aliphatic carbocycles. The van der Waals surface area contributed by atoms with E-state index in [1.54, 1.807) is 17.8 Å². The maximum absolute atomic E-state index is 12.4. The number of rotatable bonds is 4. The second-order valence-electron chi connectivity index (χ2n) is 7.41. The summed E-state index contributed by atoms with van der Waals surface area (Å²) in [5.74, 6) is -0.293. The number of alkyl carbamates (subject to hydrolysis) is 1. The van der Waals surface area contributed by atoms with Crippen molar-refractivity contribution in [3.05, 3.63) is 33.5 Å². The van der Waals surface area contributed by atoms with Crippen LogP contribution >= 0.6 is 27.3 Å². The number of amides is 2. The number of carbonyl (C=O) groups excluding carboxylic acids is 2. The summed E-state index contributed by atoms with van der Waals surface area (Å²) in [6.45, 7) is 6.87. The molecule has 2 N–H and O–H groups in total. The zero-order valence-corrected chi connectivity index (χ0v) is 18.3. The molecule has 150 valence electrons. The lowest BCUT2D eigenvalue weighted by molar-refractivity contribution is 0.0509. The molecule has 2 aromatic rings. The Bertz CT molecular complexity index is 867. The fraction of sp³-hybridized carbons (Fsp3) is 0.444. The Hall–Kier alpha value is -2.20. The van der Waals surface area contributed by atoms with Gasteiger partial charge in [-0.2, -0.15) is 0 Å². The maximum atomic E-state index is 12.4. The van der Waals surface area contributed by atoms with E-state index in [-0.39, 0.29) is 11.9 Å². The zero-order valence-electron chi connectivity index (χ0n) is 15.9. The van der Waals surface area contributed by atoms with Gasteiger partial charge in [0.05, 0.1) is 23.6 Å². The third kappa shape index (κ3) is 5.41. The number of hydrogen-bond donors (Lipinski definition) is 2. The molecule has 0 saturated carbocycles. The predicted molar refractivity (Wildman–Crippen MR) is 112 cm³/mol. The van der Waals surface area contributed by atoms with Gasteiger partial charge in [0.1, 0.15) is 11.3 Å². The topological polar surface area (TPSA) is 96.5 Å². The van der Waals surface area contributed by atoms with Gasteiger partial charge in [-0.05, 0) is 49.2 Å². The monoisotopic (exact) mass is 467 g/mol. The number of thiazole rings is 1. The Kier molecular flexibility index (Phi) is 6.19. The summed E-state index contributed by atoms with van der Waals surface area (Å²) in [7, 11) is 0. The highest BCUT2D eigenvalue weighted by molar-refractivity contribution is 9.11. The SMILES string of the molecule is CC(C)(C)OC(=O)N[C@H]1CCN(c2ccncc2NC(=O)c2csc(Br)n2)C1. The lowest BCUT2D eigenvalue weighted by Crippen LogP contribution is -2.40. The van der Waals surface area contributed by atoms with E-state index in [0.717, 1.165) is 18.7 Å². The number of aromatic nitrogens is 2. The van der Waals surface area contributed by atoms with Crippen LogP contribution in [0.3, 0.4) is 0 Å². The van der Waals surface area contributed by atoms with Gasteiger partial charge < -0.3 is 20.3 Å². The third-order valence-corrected chi connectivity index (χ3v) is 5.37. The van der Waals surface area contributed by atoms with E-state index in [9.17, 15) is 9.59 Å². The fourth-order valence-electron chi connectivity index (χ4n) is 2.87. The number of anilines is 2. The van der Waals surface area contributed by atoms with Crippen molar-refractivity contribution < 1.29 is 14.3 Å². The first-order valence-corrected chi connectivity index (χ1v) is 10.5. The number of pyridine rings is 1. The van der Waals surface area contributed by atoms with Crippen LogP contribution in [0.15, 0.2) is 27.8 Å². The smallest absolute Gasteiger partial charge is 0.407 e. The number of nitrogens with zero attached hydrogens (tertiary/aromatic N) is 3.